The summed E-state index contributed by atoms with van der Waals surface area (Å²) in [6, 6.07) is 7.30. The second-order valence-electron chi connectivity index (χ2n) is 7.83. The molecule has 0 fully saturated rings. The SMILES string of the molecule is CN=CC(=CN)c1cc(Oc2ccc(-c3cnc(N(C)C(C)CCO)nc3OC)nc2C)ccn1. The highest BCUT2D eigenvalue weighted by Gasteiger charge is 2.17. The molecule has 0 saturated carbocycles. The van der Waals surface area contributed by atoms with Crippen molar-refractivity contribution in [3.63, 3.8) is 0 Å². The number of nitrogens with zero attached hydrogens (tertiary/aromatic N) is 6. The van der Waals surface area contributed by atoms with Crippen LogP contribution in [0.3, 0.4) is 0 Å². The largest absolute Gasteiger partial charge is 0.480 e. The molecule has 35 heavy (non-hydrogen) atoms. The van der Waals surface area contributed by atoms with Gasteiger partial charge in [-0.3, -0.25) is 9.98 Å². The van der Waals surface area contributed by atoms with Gasteiger partial charge in [0.05, 0.1) is 29.8 Å². The fourth-order valence-corrected chi connectivity index (χ4v) is 3.34. The first kappa shape index (κ1) is 25.6. The highest BCUT2D eigenvalue weighted by atomic mass is 16.5. The number of allylic oxidation sites excluding steroid dienone is 1. The molecule has 10 heteroatoms. The molecule has 0 aliphatic rings. The van der Waals surface area contributed by atoms with Crippen molar-refractivity contribution in [3.8, 4) is 28.6 Å². The number of anilines is 1. The average molecular weight is 478 g/mol. The van der Waals surface area contributed by atoms with Crippen molar-refractivity contribution in [1.29, 1.82) is 0 Å². The van der Waals surface area contributed by atoms with E-state index in [2.05, 4.69) is 19.9 Å². The van der Waals surface area contributed by atoms with Crippen LogP contribution in [0.2, 0.25) is 0 Å². The van der Waals surface area contributed by atoms with Gasteiger partial charge in [0.25, 0.3) is 0 Å². The summed E-state index contributed by atoms with van der Waals surface area (Å²) in [5, 5.41) is 9.21. The predicted octanol–water partition coefficient (Wildman–Crippen LogP) is 3.25. The average Bonchev–Trinajstić information content (AvgIpc) is 2.88. The van der Waals surface area contributed by atoms with Crippen LogP contribution in [0.25, 0.3) is 16.8 Å². The van der Waals surface area contributed by atoms with Gasteiger partial charge in [0.1, 0.15) is 11.5 Å². The molecule has 3 aromatic rings. The molecule has 3 heterocycles. The van der Waals surface area contributed by atoms with E-state index in [0.29, 0.717) is 58.0 Å². The van der Waals surface area contributed by atoms with Crippen LogP contribution in [-0.2, 0) is 0 Å². The first-order valence-electron chi connectivity index (χ1n) is 11.1. The number of aliphatic hydroxyl groups excluding tert-OH is 1. The van der Waals surface area contributed by atoms with Gasteiger partial charge in [0.15, 0.2) is 0 Å². The minimum Gasteiger partial charge on any atom is -0.480 e. The van der Waals surface area contributed by atoms with Gasteiger partial charge in [-0.1, -0.05) is 0 Å². The number of hydrogen-bond acceptors (Lipinski definition) is 10. The van der Waals surface area contributed by atoms with Crippen LogP contribution in [0, 0.1) is 6.92 Å². The van der Waals surface area contributed by atoms with Gasteiger partial charge in [-0.25, -0.2) is 9.97 Å². The predicted molar refractivity (Wildman–Crippen MR) is 137 cm³/mol. The van der Waals surface area contributed by atoms with Gasteiger partial charge in [-0.2, -0.15) is 4.98 Å². The third-order valence-electron chi connectivity index (χ3n) is 5.47. The molecular weight excluding hydrogens is 446 g/mol. The molecule has 3 N–H and O–H groups in total. The molecule has 0 amide bonds. The summed E-state index contributed by atoms with van der Waals surface area (Å²) in [6.07, 6.45) is 7.04. The lowest BCUT2D eigenvalue weighted by atomic mass is 10.2. The molecule has 0 aliphatic heterocycles. The zero-order valence-electron chi connectivity index (χ0n) is 20.6. The maximum Gasteiger partial charge on any atom is 0.228 e. The molecule has 0 bridgehead atoms. The monoisotopic (exact) mass is 477 g/mol. The van der Waals surface area contributed by atoms with Gasteiger partial charge in [-0.15, -0.1) is 0 Å². The molecule has 3 rings (SSSR count). The highest BCUT2D eigenvalue weighted by molar-refractivity contribution is 6.08. The van der Waals surface area contributed by atoms with Crippen molar-refractivity contribution in [2.45, 2.75) is 26.3 Å². The summed E-state index contributed by atoms with van der Waals surface area (Å²) in [5.41, 5.74) is 9.04. The van der Waals surface area contributed by atoms with Crippen LogP contribution in [0.15, 0.2) is 47.9 Å². The van der Waals surface area contributed by atoms with Crippen molar-refractivity contribution in [3.05, 3.63) is 54.2 Å². The third kappa shape index (κ3) is 6.10. The van der Waals surface area contributed by atoms with Crippen molar-refractivity contribution in [2.24, 2.45) is 10.7 Å². The standard InChI is InChI=1S/C25H31N7O3/c1-16(9-11-33)32(4)25-29-15-20(24(31-25)34-5)21-6-7-23(17(2)30-21)35-19-8-10-28-22(12-19)18(13-26)14-27-3/h6-8,10,12-16,33H,9,11,26H2,1-5H3. The number of aliphatic imine (C=N–C) groups is 1. The quantitative estimate of drug-likeness (QED) is 0.422. The van der Waals surface area contributed by atoms with E-state index in [1.54, 1.807) is 44.9 Å². The molecule has 0 aliphatic carbocycles. The van der Waals surface area contributed by atoms with Crippen molar-refractivity contribution >= 4 is 17.7 Å². The molecule has 0 saturated heterocycles. The summed E-state index contributed by atoms with van der Waals surface area (Å²) in [7, 11) is 5.12. The van der Waals surface area contributed by atoms with Gasteiger partial charge < -0.3 is 25.2 Å². The molecule has 1 atom stereocenters. The first-order valence-corrected chi connectivity index (χ1v) is 11.1. The fraction of sp³-hybridized carbons (Fsp3) is 0.320. The molecular formula is C25H31N7O3. The van der Waals surface area contributed by atoms with Crippen LogP contribution in [-0.4, -0.2) is 65.1 Å². The Kier molecular flexibility index (Phi) is 8.69. The molecule has 0 radical (unpaired) electrons. The first-order chi connectivity index (χ1) is 16.9. The smallest absolute Gasteiger partial charge is 0.228 e. The summed E-state index contributed by atoms with van der Waals surface area (Å²) < 4.78 is 11.6. The number of nitrogens with two attached hydrogens (primary N) is 1. The molecule has 3 aromatic heterocycles. The van der Waals surface area contributed by atoms with Crippen molar-refractivity contribution < 1.29 is 14.6 Å². The second-order valence-corrected chi connectivity index (χ2v) is 7.83. The van der Waals surface area contributed by atoms with Crippen LogP contribution in [0.1, 0.15) is 24.7 Å². The third-order valence-corrected chi connectivity index (χ3v) is 5.47. The van der Waals surface area contributed by atoms with Gasteiger partial charge >= 0.3 is 0 Å². The number of aryl methyl sites for hydroxylation is 1. The summed E-state index contributed by atoms with van der Waals surface area (Å²) >= 11 is 0. The van der Waals surface area contributed by atoms with E-state index in [4.69, 9.17) is 20.2 Å². The Morgan fingerprint density at radius 3 is 2.71 bits per heavy atom. The maximum atomic E-state index is 9.21. The number of methoxy groups -OCH3 is 1. The van der Waals surface area contributed by atoms with Crippen LogP contribution >= 0.6 is 0 Å². The summed E-state index contributed by atoms with van der Waals surface area (Å²) in [6.45, 7) is 3.96. The van der Waals surface area contributed by atoms with E-state index in [-0.39, 0.29) is 12.6 Å². The maximum absolute atomic E-state index is 9.21. The minimum atomic E-state index is 0.0757. The van der Waals surface area contributed by atoms with Crippen LogP contribution in [0.5, 0.6) is 17.4 Å². The number of rotatable bonds is 10. The Morgan fingerprint density at radius 2 is 2.06 bits per heavy atom. The Morgan fingerprint density at radius 1 is 1.26 bits per heavy atom. The molecule has 0 aromatic carbocycles. The lowest BCUT2D eigenvalue weighted by molar-refractivity contribution is 0.277. The van der Waals surface area contributed by atoms with E-state index < -0.39 is 0 Å². The summed E-state index contributed by atoms with van der Waals surface area (Å²) in [4.78, 5) is 23.9. The van der Waals surface area contributed by atoms with Crippen LogP contribution in [0.4, 0.5) is 5.95 Å². The second kappa shape index (κ2) is 11.9. The van der Waals surface area contributed by atoms with E-state index in [1.165, 1.54) is 6.20 Å². The number of aromatic nitrogens is 4. The number of hydrogen-bond donors (Lipinski definition) is 2. The Labute approximate surface area is 205 Å². The number of aliphatic hydroxyl groups is 1. The van der Waals surface area contributed by atoms with Gasteiger partial charge in [-0.05, 0) is 38.5 Å². The van der Waals surface area contributed by atoms with E-state index >= 15 is 0 Å². The molecule has 184 valence electrons. The van der Waals surface area contributed by atoms with E-state index in [1.807, 2.05) is 37.9 Å². The zero-order chi connectivity index (χ0) is 25.4. The van der Waals surface area contributed by atoms with Gasteiger partial charge in [0.2, 0.25) is 11.8 Å². The van der Waals surface area contributed by atoms with E-state index in [0.717, 1.165) is 0 Å². The Bertz CT molecular complexity index is 1210. The van der Waals surface area contributed by atoms with Gasteiger partial charge in [0, 0.05) is 63.2 Å². The lowest BCUT2D eigenvalue weighted by Gasteiger charge is -2.24. The van der Waals surface area contributed by atoms with Crippen molar-refractivity contribution in [2.75, 3.05) is 32.7 Å². The normalized spacial score (nSPS) is 12.6. The zero-order valence-corrected chi connectivity index (χ0v) is 20.6. The Hall–Kier alpha value is -4.05. The topological polar surface area (TPSA) is 132 Å². The number of pyridine rings is 2. The lowest BCUT2D eigenvalue weighted by Crippen LogP contribution is -2.31. The number of ether oxygens (including phenoxy) is 2. The fourth-order valence-electron chi connectivity index (χ4n) is 3.34. The molecule has 10 nitrogen and oxygen atoms in total. The highest BCUT2D eigenvalue weighted by Crippen LogP contribution is 2.32. The Balaban J connectivity index is 1.86. The van der Waals surface area contributed by atoms with E-state index in [9.17, 15) is 5.11 Å². The van der Waals surface area contributed by atoms with Crippen LogP contribution < -0.4 is 20.1 Å². The molecule has 0 spiro atoms. The molecule has 1 unspecified atom stereocenters. The minimum absolute atomic E-state index is 0.0757. The summed E-state index contributed by atoms with van der Waals surface area (Å²) in [5.74, 6) is 2.12. The van der Waals surface area contributed by atoms with Crippen molar-refractivity contribution in [1.82, 2.24) is 19.9 Å².